The Labute approximate surface area is 104 Å². The van der Waals surface area contributed by atoms with Crippen LogP contribution in [0, 0.1) is 12.8 Å². The zero-order valence-corrected chi connectivity index (χ0v) is 11.4. The molecule has 1 N–H and O–H groups in total. The summed E-state index contributed by atoms with van der Waals surface area (Å²) in [4.78, 5) is 0. The minimum Gasteiger partial charge on any atom is -0.495 e. The average Bonchev–Trinajstić information content (AvgIpc) is 2.28. The number of hydrogen-bond donors (Lipinski definition) is 1. The van der Waals surface area contributed by atoms with Gasteiger partial charge in [-0.05, 0) is 30.5 Å². The van der Waals surface area contributed by atoms with E-state index >= 15 is 0 Å². The van der Waals surface area contributed by atoms with Crippen molar-refractivity contribution in [3.63, 3.8) is 0 Å². The molecule has 3 nitrogen and oxygen atoms in total. The van der Waals surface area contributed by atoms with Gasteiger partial charge < -0.3 is 14.8 Å². The lowest BCUT2D eigenvalue weighted by molar-refractivity contribution is 0.171. The second kappa shape index (κ2) is 6.50. The smallest absolute Gasteiger partial charge is 0.141 e. The van der Waals surface area contributed by atoms with Crippen molar-refractivity contribution in [3.8, 4) is 5.75 Å². The van der Waals surface area contributed by atoms with Gasteiger partial charge in [-0.2, -0.15) is 0 Å². The molecule has 0 aliphatic heterocycles. The Morgan fingerprint density at radius 3 is 2.47 bits per heavy atom. The normalized spacial score (nSPS) is 12.6. The molecule has 1 unspecified atom stereocenters. The molecule has 0 amide bonds. The number of anilines is 1. The van der Waals surface area contributed by atoms with Crippen molar-refractivity contribution < 1.29 is 9.47 Å². The molecule has 1 rings (SSSR count). The van der Waals surface area contributed by atoms with Gasteiger partial charge in [0.25, 0.3) is 0 Å². The van der Waals surface area contributed by atoms with Gasteiger partial charge in [0.2, 0.25) is 0 Å². The number of hydrogen-bond acceptors (Lipinski definition) is 3. The quantitative estimate of drug-likeness (QED) is 0.824. The van der Waals surface area contributed by atoms with Crippen LogP contribution in [0.3, 0.4) is 0 Å². The monoisotopic (exact) mass is 237 g/mol. The van der Waals surface area contributed by atoms with Crippen molar-refractivity contribution in [2.75, 3.05) is 26.1 Å². The van der Waals surface area contributed by atoms with E-state index in [9.17, 15) is 0 Å². The zero-order valence-electron chi connectivity index (χ0n) is 11.4. The first-order valence-electron chi connectivity index (χ1n) is 5.98. The van der Waals surface area contributed by atoms with Crippen LogP contribution in [0.15, 0.2) is 18.2 Å². The van der Waals surface area contributed by atoms with Crippen LogP contribution in [0.2, 0.25) is 0 Å². The predicted molar refractivity (Wildman–Crippen MR) is 71.9 cm³/mol. The van der Waals surface area contributed by atoms with Crippen LogP contribution in [0.4, 0.5) is 5.69 Å². The third-order valence-corrected chi connectivity index (χ3v) is 2.85. The van der Waals surface area contributed by atoms with E-state index in [4.69, 9.17) is 9.47 Å². The summed E-state index contributed by atoms with van der Waals surface area (Å²) in [6.45, 7) is 7.12. The zero-order chi connectivity index (χ0) is 12.8. The third-order valence-electron chi connectivity index (χ3n) is 2.85. The maximum atomic E-state index is 5.36. The molecule has 1 atom stereocenters. The van der Waals surface area contributed by atoms with Crippen molar-refractivity contribution in [2.24, 2.45) is 5.92 Å². The molecule has 1 aromatic carbocycles. The van der Waals surface area contributed by atoms with Crippen LogP contribution in [0.5, 0.6) is 5.75 Å². The maximum Gasteiger partial charge on any atom is 0.141 e. The fourth-order valence-corrected chi connectivity index (χ4v) is 1.71. The van der Waals surface area contributed by atoms with E-state index in [0.717, 1.165) is 11.4 Å². The molecule has 0 radical (unpaired) electrons. The van der Waals surface area contributed by atoms with Crippen molar-refractivity contribution in [3.05, 3.63) is 23.8 Å². The summed E-state index contributed by atoms with van der Waals surface area (Å²) >= 11 is 0. The van der Waals surface area contributed by atoms with E-state index in [0.29, 0.717) is 12.5 Å². The number of ether oxygens (including phenoxy) is 2. The summed E-state index contributed by atoms with van der Waals surface area (Å²) in [5.74, 6) is 1.37. The molecule has 1 aromatic rings. The molecule has 0 bridgehead atoms. The molecule has 0 aliphatic rings. The van der Waals surface area contributed by atoms with Gasteiger partial charge in [-0.3, -0.25) is 0 Å². The van der Waals surface area contributed by atoms with Crippen LogP contribution in [0.1, 0.15) is 19.4 Å². The molecule has 0 saturated heterocycles. The Morgan fingerprint density at radius 1 is 1.24 bits per heavy atom. The van der Waals surface area contributed by atoms with Gasteiger partial charge in [-0.1, -0.05) is 19.9 Å². The highest BCUT2D eigenvalue weighted by molar-refractivity contribution is 5.58. The van der Waals surface area contributed by atoms with E-state index in [1.807, 2.05) is 12.1 Å². The van der Waals surface area contributed by atoms with Crippen LogP contribution >= 0.6 is 0 Å². The van der Waals surface area contributed by atoms with E-state index in [1.165, 1.54) is 5.56 Å². The fourth-order valence-electron chi connectivity index (χ4n) is 1.71. The van der Waals surface area contributed by atoms with Gasteiger partial charge in [0.05, 0.1) is 25.4 Å². The first kappa shape index (κ1) is 13.8. The van der Waals surface area contributed by atoms with Crippen molar-refractivity contribution in [1.82, 2.24) is 0 Å². The molecule has 96 valence electrons. The van der Waals surface area contributed by atoms with Gasteiger partial charge >= 0.3 is 0 Å². The SMILES string of the molecule is COCC(Nc1cc(C)ccc1OC)C(C)C. The highest BCUT2D eigenvalue weighted by atomic mass is 16.5. The Balaban J connectivity index is 2.87. The molecule has 0 spiro atoms. The lowest BCUT2D eigenvalue weighted by Gasteiger charge is -2.24. The Bertz CT molecular complexity index is 350. The summed E-state index contributed by atoms with van der Waals surface area (Å²) < 4.78 is 10.6. The second-order valence-corrected chi connectivity index (χ2v) is 4.65. The first-order valence-corrected chi connectivity index (χ1v) is 5.98. The average molecular weight is 237 g/mol. The van der Waals surface area contributed by atoms with Crippen LogP contribution in [0.25, 0.3) is 0 Å². The summed E-state index contributed by atoms with van der Waals surface area (Å²) in [6.07, 6.45) is 0. The minimum atomic E-state index is 0.288. The van der Waals surface area contributed by atoms with E-state index in [-0.39, 0.29) is 6.04 Å². The number of aryl methyl sites for hydroxylation is 1. The number of nitrogens with one attached hydrogen (secondary N) is 1. The predicted octanol–water partition coefficient (Wildman–Crippen LogP) is 3.09. The molecule has 17 heavy (non-hydrogen) atoms. The Morgan fingerprint density at radius 2 is 1.94 bits per heavy atom. The summed E-state index contributed by atoms with van der Waals surface area (Å²) in [5, 5.41) is 3.49. The molecule has 0 fully saturated rings. The summed E-state index contributed by atoms with van der Waals surface area (Å²) in [7, 11) is 3.42. The van der Waals surface area contributed by atoms with Crippen LogP contribution in [-0.2, 0) is 4.74 Å². The van der Waals surface area contributed by atoms with Gasteiger partial charge in [-0.15, -0.1) is 0 Å². The van der Waals surface area contributed by atoms with E-state index in [2.05, 4.69) is 32.2 Å². The van der Waals surface area contributed by atoms with Crippen molar-refractivity contribution in [1.29, 1.82) is 0 Å². The molecular formula is C14H23NO2. The summed E-state index contributed by atoms with van der Waals surface area (Å²) in [6, 6.07) is 6.42. The Kier molecular flexibility index (Phi) is 5.29. The van der Waals surface area contributed by atoms with Crippen molar-refractivity contribution >= 4 is 5.69 Å². The minimum absolute atomic E-state index is 0.288. The molecule has 0 heterocycles. The Hall–Kier alpha value is -1.22. The van der Waals surface area contributed by atoms with Crippen LogP contribution < -0.4 is 10.1 Å². The lowest BCUT2D eigenvalue weighted by Crippen LogP contribution is -2.30. The maximum absolute atomic E-state index is 5.36. The van der Waals surface area contributed by atoms with Gasteiger partial charge in [-0.25, -0.2) is 0 Å². The number of methoxy groups -OCH3 is 2. The lowest BCUT2D eigenvalue weighted by atomic mass is 10.0. The standard InChI is InChI=1S/C14H23NO2/c1-10(2)13(9-16-4)15-12-8-11(3)6-7-14(12)17-5/h6-8,10,13,15H,9H2,1-5H3. The van der Waals surface area contributed by atoms with Crippen molar-refractivity contribution in [2.45, 2.75) is 26.8 Å². The molecule has 0 aromatic heterocycles. The van der Waals surface area contributed by atoms with E-state index in [1.54, 1.807) is 14.2 Å². The number of benzene rings is 1. The first-order chi connectivity index (χ1) is 8.08. The topological polar surface area (TPSA) is 30.5 Å². The number of rotatable bonds is 6. The highest BCUT2D eigenvalue weighted by Gasteiger charge is 2.14. The molecule has 3 heteroatoms. The molecule has 0 aliphatic carbocycles. The highest BCUT2D eigenvalue weighted by Crippen LogP contribution is 2.26. The largest absolute Gasteiger partial charge is 0.495 e. The fraction of sp³-hybridized carbons (Fsp3) is 0.571. The second-order valence-electron chi connectivity index (χ2n) is 4.65. The third kappa shape index (κ3) is 3.93. The van der Waals surface area contributed by atoms with Gasteiger partial charge in [0.1, 0.15) is 5.75 Å². The van der Waals surface area contributed by atoms with Gasteiger partial charge in [0, 0.05) is 7.11 Å². The van der Waals surface area contributed by atoms with E-state index < -0.39 is 0 Å². The van der Waals surface area contributed by atoms with Gasteiger partial charge in [0.15, 0.2) is 0 Å². The molecule has 0 saturated carbocycles. The summed E-state index contributed by atoms with van der Waals surface area (Å²) in [5.41, 5.74) is 2.25. The molecular weight excluding hydrogens is 214 g/mol. The van der Waals surface area contributed by atoms with Crippen LogP contribution in [-0.4, -0.2) is 26.9 Å².